The number of nitrogens with zero attached hydrogens (tertiary/aromatic N) is 1. The van der Waals surface area contributed by atoms with Crippen LogP contribution in [0.25, 0.3) is 0 Å². The Kier molecular flexibility index (Phi) is 7.26. The van der Waals surface area contributed by atoms with E-state index in [9.17, 15) is 18.4 Å². The first-order valence-corrected chi connectivity index (χ1v) is 8.52. The van der Waals surface area contributed by atoms with E-state index in [1.165, 1.54) is 23.1 Å². The van der Waals surface area contributed by atoms with Gasteiger partial charge in [-0.05, 0) is 42.7 Å². The Bertz CT molecular complexity index is 748. The number of likely N-dealkylation sites (N-methyl/N-ethyl adjacent to an activating group) is 1. The Labute approximate surface area is 151 Å². The number of aryl methyl sites for hydroxylation is 1. The summed E-state index contributed by atoms with van der Waals surface area (Å²) in [7, 11) is 0. The molecule has 0 bridgehead atoms. The third kappa shape index (κ3) is 5.95. The number of halogens is 2. The van der Waals surface area contributed by atoms with Crippen LogP contribution in [0.4, 0.5) is 8.78 Å². The molecule has 0 atom stereocenters. The molecule has 0 aliphatic rings. The first-order valence-electron chi connectivity index (χ1n) is 8.52. The minimum absolute atomic E-state index is 0.0617. The lowest BCUT2D eigenvalue weighted by Crippen LogP contribution is -2.40. The van der Waals surface area contributed by atoms with Crippen LogP contribution in [0.3, 0.4) is 0 Å². The summed E-state index contributed by atoms with van der Waals surface area (Å²) < 4.78 is 26.5. The Morgan fingerprint density at radius 2 is 1.73 bits per heavy atom. The van der Waals surface area contributed by atoms with E-state index in [1.807, 2.05) is 0 Å². The molecule has 4 nitrogen and oxygen atoms in total. The molecule has 2 aromatic carbocycles. The maximum absolute atomic E-state index is 13.6. The third-order valence-electron chi connectivity index (χ3n) is 4.04. The first kappa shape index (κ1) is 19.6. The molecule has 2 aromatic rings. The van der Waals surface area contributed by atoms with Gasteiger partial charge in [-0.25, -0.2) is 8.78 Å². The van der Waals surface area contributed by atoms with Crippen LogP contribution in [0.15, 0.2) is 48.5 Å². The molecule has 0 saturated carbocycles. The zero-order valence-electron chi connectivity index (χ0n) is 14.7. The van der Waals surface area contributed by atoms with Gasteiger partial charge in [0.15, 0.2) is 0 Å². The molecule has 1 N–H and O–H groups in total. The summed E-state index contributed by atoms with van der Waals surface area (Å²) in [5, 5.41) is 2.71. The number of carbonyl (C=O) groups excluding carboxylic acids is 2. The van der Waals surface area contributed by atoms with Crippen molar-refractivity contribution in [1.82, 2.24) is 10.2 Å². The van der Waals surface area contributed by atoms with Crippen LogP contribution in [0.2, 0.25) is 0 Å². The maximum Gasteiger partial charge on any atom is 0.239 e. The SMILES string of the molecule is CCN(CC(=O)NCc1ccc(F)cc1)C(=O)CCc1ccccc1F. The van der Waals surface area contributed by atoms with Gasteiger partial charge in [0.1, 0.15) is 11.6 Å². The van der Waals surface area contributed by atoms with Crippen molar-refractivity contribution in [3.05, 3.63) is 71.3 Å². The summed E-state index contributed by atoms with van der Waals surface area (Å²) in [5.74, 6) is -1.17. The van der Waals surface area contributed by atoms with Gasteiger partial charge in [0.2, 0.25) is 11.8 Å². The second-order valence-electron chi connectivity index (χ2n) is 5.90. The number of hydrogen-bond acceptors (Lipinski definition) is 2. The molecular formula is C20H22F2N2O2. The molecule has 6 heteroatoms. The molecule has 2 rings (SSSR count). The highest BCUT2D eigenvalue weighted by Crippen LogP contribution is 2.10. The smallest absolute Gasteiger partial charge is 0.239 e. The monoisotopic (exact) mass is 360 g/mol. The van der Waals surface area contributed by atoms with E-state index < -0.39 is 0 Å². The van der Waals surface area contributed by atoms with Crippen molar-refractivity contribution in [2.24, 2.45) is 0 Å². The van der Waals surface area contributed by atoms with Crippen molar-refractivity contribution in [3.63, 3.8) is 0 Å². The number of benzene rings is 2. The highest BCUT2D eigenvalue weighted by Gasteiger charge is 2.16. The highest BCUT2D eigenvalue weighted by molar-refractivity contribution is 5.84. The normalized spacial score (nSPS) is 10.4. The second kappa shape index (κ2) is 9.65. The number of rotatable bonds is 8. The maximum atomic E-state index is 13.6. The Morgan fingerprint density at radius 3 is 2.38 bits per heavy atom. The van der Waals surface area contributed by atoms with Crippen LogP contribution in [-0.2, 0) is 22.6 Å². The molecule has 0 aromatic heterocycles. The van der Waals surface area contributed by atoms with Gasteiger partial charge in [-0.3, -0.25) is 9.59 Å². The fourth-order valence-corrected chi connectivity index (χ4v) is 2.51. The predicted molar refractivity (Wildman–Crippen MR) is 95.2 cm³/mol. The average molecular weight is 360 g/mol. The van der Waals surface area contributed by atoms with Crippen LogP contribution in [-0.4, -0.2) is 29.8 Å². The molecule has 138 valence electrons. The Morgan fingerprint density at radius 1 is 1.04 bits per heavy atom. The zero-order chi connectivity index (χ0) is 18.9. The molecule has 2 amide bonds. The summed E-state index contributed by atoms with van der Waals surface area (Å²) in [6.45, 7) is 2.38. The van der Waals surface area contributed by atoms with Crippen molar-refractivity contribution >= 4 is 11.8 Å². The lowest BCUT2D eigenvalue weighted by atomic mass is 10.1. The average Bonchev–Trinajstić information content (AvgIpc) is 2.64. The van der Waals surface area contributed by atoms with E-state index in [2.05, 4.69) is 5.32 Å². The van der Waals surface area contributed by atoms with Gasteiger partial charge in [-0.1, -0.05) is 30.3 Å². The molecule has 0 radical (unpaired) electrons. The molecule has 0 aliphatic carbocycles. The molecule has 0 saturated heterocycles. The van der Waals surface area contributed by atoms with Crippen molar-refractivity contribution in [2.75, 3.05) is 13.1 Å². The second-order valence-corrected chi connectivity index (χ2v) is 5.90. The fourth-order valence-electron chi connectivity index (χ4n) is 2.51. The van der Waals surface area contributed by atoms with Crippen molar-refractivity contribution in [1.29, 1.82) is 0 Å². The van der Waals surface area contributed by atoms with Gasteiger partial charge in [0.25, 0.3) is 0 Å². The lowest BCUT2D eigenvalue weighted by molar-refractivity contribution is -0.135. The lowest BCUT2D eigenvalue weighted by Gasteiger charge is -2.20. The van der Waals surface area contributed by atoms with Crippen LogP contribution < -0.4 is 5.32 Å². The van der Waals surface area contributed by atoms with Gasteiger partial charge < -0.3 is 10.2 Å². The van der Waals surface area contributed by atoms with Crippen LogP contribution in [0.5, 0.6) is 0 Å². The highest BCUT2D eigenvalue weighted by atomic mass is 19.1. The molecule has 0 aliphatic heterocycles. The largest absolute Gasteiger partial charge is 0.350 e. The molecule has 0 heterocycles. The summed E-state index contributed by atoms with van der Waals surface area (Å²) in [6.07, 6.45) is 0.430. The van der Waals surface area contributed by atoms with E-state index in [0.717, 1.165) is 5.56 Å². The van der Waals surface area contributed by atoms with E-state index in [4.69, 9.17) is 0 Å². The van der Waals surface area contributed by atoms with Crippen molar-refractivity contribution < 1.29 is 18.4 Å². The van der Waals surface area contributed by atoms with Crippen LogP contribution in [0, 0.1) is 11.6 Å². The van der Waals surface area contributed by atoms with Crippen LogP contribution >= 0.6 is 0 Å². The van der Waals surface area contributed by atoms with Gasteiger partial charge >= 0.3 is 0 Å². The fraction of sp³-hybridized carbons (Fsp3) is 0.300. The molecule has 0 spiro atoms. The Hall–Kier alpha value is -2.76. The van der Waals surface area contributed by atoms with E-state index in [0.29, 0.717) is 18.5 Å². The molecule has 26 heavy (non-hydrogen) atoms. The van der Waals surface area contributed by atoms with Gasteiger partial charge in [0.05, 0.1) is 6.54 Å². The van der Waals surface area contributed by atoms with E-state index in [-0.39, 0.29) is 43.0 Å². The van der Waals surface area contributed by atoms with Gasteiger partial charge in [0, 0.05) is 19.5 Å². The van der Waals surface area contributed by atoms with Gasteiger partial charge in [-0.2, -0.15) is 0 Å². The summed E-state index contributed by atoms with van der Waals surface area (Å²) in [6, 6.07) is 12.2. The summed E-state index contributed by atoms with van der Waals surface area (Å²) in [5.41, 5.74) is 1.26. The topological polar surface area (TPSA) is 49.4 Å². The third-order valence-corrected chi connectivity index (χ3v) is 4.04. The summed E-state index contributed by atoms with van der Waals surface area (Å²) >= 11 is 0. The first-order chi connectivity index (χ1) is 12.5. The predicted octanol–water partition coefficient (Wildman–Crippen LogP) is 3.06. The molecule has 0 unspecified atom stereocenters. The van der Waals surface area contributed by atoms with Gasteiger partial charge in [-0.15, -0.1) is 0 Å². The Balaban J connectivity index is 1.81. The van der Waals surface area contributed by atoms with E-state index in [1.54, 1.807) is 37.3 Å². The van der Waals surface area contributed by atoms with Crippen LogP contribution in [0.1, 0.15) is 24.5 Å². The molecular weight excluding hydrogens is 338 g/mol. The van der Waals surface area contributed by atoms with Crippen molar-refractivity contribution in [2.45, 2.75) is 26.3 Å². The van der Waals surface area contributed by atoms with Crippen molar-refractivity contribution in [3.8, 4) is 0 Å². The summed E-state index contributed by atoms with van der Waals surface area (Å²) in [4.78, 5) is 25.8. The quantitative estimate of drug-likeness (QED) is 0.787. The number of nitrogens with one attached hydrogen (secondary N) is 1. The zero-order valence-corrected chi connectivity index (χ0v) is 14.7. The van der Waals surface area contributed by atoms with E-state index >= 15 is 0 Å². The number of amides is 2. The minimum Gasteiger partial charge on any atom is -0.350 e. The molecule has 0 fully saturated rings. The standard InChI is InChI=1S/C20H22F2N2O2/c1-2-24(20(26)12-9-16-5-3-4-6-18(16)22)14-19(25)23-13-15-7-10-17(21)11-8-15/h3-8,10-11H,2,9,12-14H2,1H3,(H,23,25). The minimum atomic E-state index is -0.335. The number of hydrogen-bond donors (Lipinski definition) is 1. The number of carbonyl (C=O) groups is 2.